The van der Waals surface area contributed by atoms with Crippen molar-refractivity contribution in [2.24, 2.45) is 0 Å². The lowest BCUT2D eigenvalue weighted by atomic mass is 10.1. The number of amides is 1. The standard InChI is InChI=1S/C14H14BrN3O5S/c1-4-23-14(21)10-6(2)8(13(20)22-3)12(24-10)17-11(19)9-7(15)5-16-18-9/h5H,4H2,1-3H3,(H,16,18)(H,17,19). The molecule has 8 nitrogen and oxygen atoms in total. The highest BCUT2D eigenvalue weighted by Gasteiger charge is 2.27. The molecule has 24 heavy (non-hydrogen) atoms. The molecule has 2 aromatic rings. The molecule has 1 amide bonds. The van der Waals surface area contributed by atoms with Gasteiger partial charge in [-0.3, -0.25) is 9.89 Å². The molecular formula is C14H14BrN3O5S. The van der Waals surface area contributed by atoms with E-state index in [2.05, 4.69) is 31.4 Å². The molecule has 2 aromatic heterocycles. The van der Waals surface area contributed by atoms with Crippen LogP contribution < -0.4 is 5.32 Å². The van der Waals surface area contributed by atoms with Gasteiger partial charge in [-0.05, 0) is 35.3 Å². The van der Waals surface area contributed by atoms with Crippen molar-refractivity contribution < 1.29 is 23.9 Å². The average molecular weight is 416 g/mol. The van der Waals surface area contributed by atoms with Crippen LogP contribution in [0.1, 0.15) is 43.0 Å². The summed E-state index contributed by atoms with van der Waals surface area (Å²) in [5.74, 6) is -1.73. The topological polar surface area (TPSA) is 110 Å². The van der Waals surface area contributed by atoms with E-state index in [-0.39, 0.29) is 27.7 Å². The van der Waals surface area contributed by atoms with Gasteiger partial charge in [0.15, 0.2) is 0 Å². The highest BCUT2D eigenvalue weighted by Crippen LogP contribution is 2.34. The maximum Gasteiger partial charge on any atom is 0.348 e. The number of nitrogens with one attached hydrogen (secondary N) is 2. The number of methoxy groups -OCH3 is 1. The molecule has 0 aliphatic carbocycles. The number of aromatic nitrogens is 2. The zero-order valence-corrected chi connectivity index (χ0v) is 15.5. The summed E-state index contributed by atoms with van der Waals surface area (Å²) in [6, 6.07) is 0. The van der Waals surface area contributed by atoms with E-state index in [0.29, 0.717) is 10.0 Å². The Morgan fingerprint density at radius 1 is 1.38 bits per heavy atom. The fourth-order valence-corrected chi connectivity index (χ4v) is 3.39. The lowest BCUT2D eigenvalue weighted by molar-refractivity contribution is 0.0531. The zero-order chi connectivity index (χ0) is 17.9. The van der Waals surface area contributed by atoms with Gasteiger partial charge in [-0.15, -0.1) is 11.3 Å². The molecule has 0 aliphatic heterocycles. The Balaban J connectivity index is 2.42. The fraction of sp³-hybridized carbons (Fsp3) is 0.286. The van der Waals surface area contributed by atoms with Crippen LogP contribution in [-0.4, -0.2) is 41.8 Å². The number of hydrogen-bond donors (Lipinski definition) is 2. The van der Waals surface area contributed by atoms with Crippen molar-refractivity contribution in [3.05, 3.63) is 32.4 Å². The fourth-order valence-electron chi connectivity index (χ4n) is 1.94. The minimum atomic E-state index is -0.654. The minimum Gasteiger partial charge on any atom is -0.465 e. The first-order valence-electron chi connectivity index (χ1n) is 6.79. The van der Waals surface area contributed by atoms with Gasteiger partial charge in [0.25, 0.3) is 5.91 Å². The summed E-state index contributed by atoms with van der Waals surface area (Å²) in [6.45, 7) is 3.48. The van der Waals surface area contributed by atoms with Crippen LogP contribution in [0.3, 0.4) is 0 Å². The first-order chi connectivity index (χ1) is 11.4. The van der Waals surface area contributed by atoms with E-state index in [1.807, 2.05) is 0 Å². The number of aromatic amines is 1. The van der Waals surface area contributed by atoms with Gasteiger partial charge < -0.3 is 14.8 Å². The molecule has 0 spiro atoms. The molecule has 0 bridgehead atoms. The van der Waals surface area contributed by atoms with Crippen LogP contribution in [0.2, 0.25) is 0 Å². The highest BCUT2D eigenvalue weighted by atomic mass is 79.9. The molecular weight excluding hydrogens is 402 g/mol. The predicted molar refractivity (Wildman–Crippen MR) is 90.6 cm³/mol. The Morgan fingerprint density at radius 2 is 2.08 bits per heavy atom. The second-order valence-corrected chi connectivity index (χ2v) is 6.39. The van der Waals surface area contributed by atoms with Crippen molar-refractivity contribution in [3.8, 4) is 0 Å². The van der Waals surface area contributed by atoms with E-state index in [9.17, 15) is 14.4 Å². The summed E-state index contributed by atoms with van der Waals surface area (Å²) in [7, 11) is 1.22. The Labute approximate surface area is 149 Å². The van der Waals surface area contributed by atoms with Gasteiger partial charge in [0, 0.05) is 0 Å². The van der Waals surface area contributed by atoms with Crippen molar-refractivity contribution in [1.29, 1.82) is 0 Å². The smallest absolute Gasteiger partial charge is 0.348 e. The van der Waals surface area contributed by atoms with Crippen LogP contribution in [-0.2, 0) is 9.47 Å². The van der Waals surface area contributed by atoms with Crippen LogP contribution in [0.4, 0.5) is 5.00 Å². The minimum absolute atomic E-state index is 0.120. The number of hydrogen-bond acceptors (Lipinski definition) is 7. The van der Waals surface area contributed by atoms with Crippen molar-refractivity contribution in [3.63, 3.8) is 0 Å². The van der Waals surface area contributed by atoms with E-state index < -0.39 is 17.8 Å². The number of nitrogens with zero attached hydrogens (tertiary/aromatic N) is 1. The summed E-state index contributed by atoms with van der Waals surface area (Å²) in [6.07, 6.45) is 1.43. The third-order valence-electron chi connectivity index (χ3n) is 3.04. The number of carbonyl (C=O) groups is 3. The molecule has 2 rings (SSSR count). The molecule has 0 fully saturated rings. The van der Waals surface area contributed by atoms with Gasteiger partial charge in [-0.1, -0.05) is 0 Å². The number of thiophene rings is 1. The van der Waals surface area contributed by atoms with Gasteiger partial charge in [0.05, 0.1) is 29.9 Å². The second kappa shape index (κ2) is 7.58. The lowest BCUT2D eigenvalue weighted by Crippen LogP contribution is -2.15. The zero-order valence-electron chi connectivity index (χ0n) is 13.1. The molecule has 2 heterocycles. The molecule has 0 saturated heterocycles. The van der Waals surface area contributed by atoms with Crippen LogP contribution in [0, 0.1) is 6.92 Å². The number of carbonyl (C=O) groups excluding carboxylic acids is 3. The molecule has 0 radical (unpaired) electrons. The largest absolute Gasteiger partial charge is 0.465 e. The van der Waals surface area contributed by atoms with E-state index >= 15 is 0 Å². The van der Waals surface area contributed by atoms with Crippen molar-refractivity contribution in [2.75, 3.05) is 19.0 Å². The number of rotatable bonds is 5. The van der Waals surface area contributed by atoms with Crippen molar-refractivity contribution in [1.82, 2.24) is 10.2 Å². The van der Waals surface area contributed by atoms with Crippen LogP contribution in [0.25, 0.3) is 0 Å². The van der Waals surface area contributed by atoms with Gasteiger partial charge in [0.2, 0.25) is 0 Å². The molecule has 0 saturated carbocycles. The van der Waals surface area contributed by atoms with Crippen molar-refractivity contribution >= 4 is 50.1 Å². The van der Waals surface area contributed by atoms with Gasteiger partial charge in [-0.2, -0.15) is 5.10 Å². The Bertz CT molecular complexity index is 798. The third kappa shape index (κ3) is 3.49. The maximum atomic E-state index is 12.3. The van der Waals surface area contributed by atoms with E-state index in [4.69, 9.17) is 9.47 Å². The number of H-pyrrole nitrogens is 1. The summed E-state index contributed by atoms with van der Waals surface area (Å²) in [4.78, 5) is 36.6. The molecule has 10 heteroatoms. The van der Waals surface area contributed by atoms with Crippen molar-refractivity contribution in [2.45, 2.75) is 13.8 Å². The van der Waals surface area contributed by atoms with E-state index in [1.165, 1.54) is 13.3 Å². The first kappa shape index (κ1) is 18.1. The lowest BCUT2D eigenvalue weighted by Gasteiger charge is -2.05. The second-order valence-electron chi connectivity index (χ2n) is 4.52. The Morgan fingerprint density at radius 3 is 2.62 bits per heavy atom. The van der Waals surface area contributed by atoms with E-state index in [0.717, 1.165) is 11.3 Å². The first-order valence-corrected chi connectivity index (χ1v) is 8.40. The Kier molecular flexibility index (Phi) is 5.73. The number of ether oxygens (including phenoxy) is 2. The molecule has 0 atom stereocenters. The Hall–Kier alpha value is -2.20. The highest BCUT2D eigenvalue weighted by molar-refractivity contribution is 9.10. The number of halogens is 1. The quantitative estimate of drug-likeness (QED) is 0.726. The summed E-state index contributed by atoms with van der Waals surface area (Å²) in [5, 5.41) is 9.08. The molecule has 2 N–H and O–H groups in total. The molecule has 0 aliphatic rings. The van der Waals surface area contributed by atoms with E-state index in [1.54, 1.807) is 13.8 Å². The van der Waals surface area contributed by atoms with Crippen LogP contribution in [0.5, 0.6) is 0 Å². The van der Waals surface area contributed by atoms with Gasteiger partial charge >= 0.3 is 11.9 Å². The van der Waals surface area contributed by atoms with Crippen LogP contribution >= 0.6 is 27.3 Å². The molecule has 128 valence electrons. The van der Waals surface area contributed by atoms with Crippen LogP contribution in [0.15, 0.2) is 10.7 Å². The molecule has 0 unspecified atom stereocenters. The summed E-state index contributed by atoms with van der Waals surface area (Å²) < 4.78 is 10.2. The molecule has 0 aromatic carbocycles. The average Bonchev–Trinajstić information content (AvgIpc) is 3.10. The SMILES string of the molecule is CCOC(=O)c1sc(NC(=O)c2[nH]ncc2Br)c(C(=O)OC)c1C. The number of esters is 2. The third-order valence-corrected chi connectivity index (χ3v) is 4.83. The monoisotopic (exact) mass is 415 g/mol. The van der Waals surface area contributed by atoms with Gasteiger partial charge in [-0.25, -0.2) is 9.59 Å². The normalized spacial score (nSPS) is 10.3. The number of anilines is 1. The predicted octanol–water partition coefficient (Wildman–Crippen LogP) is 2.76. The summed E-state index contributed by atoms with van der Waals surface area (Å²) in [5.41, 5.74) is 0.702. The maximum absolute atomic E-state index is 12.3. The van der Waals surface area contributed by atoms with Gasteiger partial charge in [0.1, 0.15) is 15.6 Å². The summed E-state index contributed by atoms with van der Waals surface area (Å²) >= 11 is 4.14.